The Kier molecular flexibility index (Phi) is 3.54. The molecule has 0 radical (unpaired) electrons. The van der Waals surface area contributed by atoms with Crippen LogP contribution in [0.1, 0.15) is 5.56 Å². The van der Waals surface area contributed by atoms with Crippen LogP contribution in [0.15, 0.2) is 53.4 Å². The molecule has 3 N–H and O–H groups in total. The molecule has 1 aliphatic carbocycles. The smallest absolute Gasteiger partial charge is 0.261 e. The summed E-state index contributed by atoms with van der Waals surface area (Å²) in [4.78, 5) is 2.59. The number of nitrogens with one attached hydrogen (secondary N) is 1. The molecule has 1 heterocycles. The maximum absolute atomic E-state index is 12.4. The number of nitrogens with zero attached hydrogens (tertiary/aromatic N) is 1. The molecule has 2 aliphatic rings. The van der Waals surface area contributed by atoms with Gasteiger partial charge in [0.05, 0.1) is 4.90 Å². The molecule has 1 saturated heterocycles. The number of rotatable bonds is 4. The van der Waals surface area contributed by atoms with Gasteiger partial charge in [0.2, 0.25) is 0 Å². The molecule has 24 heavy (non-hydrogen) atoms. The molecule has 2 aromatic rings. The topological polar surface area (TPSA) is 75.4 Å². The van der Waals surface area contributed by atoms with Crippen LogP contribution in [0.4, 0.5) is 11.4 Å². The Balaban J connectivity index is 1.46. The third-order valence-electron chi connectivity index (χ3n) is 5.08. The molecule has 1 aliphatic heterocycles. The van der Waals surface area contributed by atoms with Crippen LogP contribution in [0.2, 0.25) is 0 Å². The van der Waals surface area contributed by atoms with Gasteiger partial charge >= 0.3 is 0 Å². The van der Waals surface area contributed by atoms with Crippen molar-refractivity contribution >= 4 is 21.4 Å². The van der Waals surface area contributed by atoms with Crippen molar-refractivity contribution in [3.05, 3.63) is 54.1 Å². The van der Waals surface area contributed by atoms with Gasteiger partial charge in [0.15, 0.2) is 0 Å². The van der Waals surface area contributed by atoms with Crippen LogP contribution in [-0.4, -0.2) is 27.5 Å². The first-order valence-electron chi connectivity index (χ1n) is 8.14. The predicted octanol–water partition coefficient (Wildman–Crippen LogP) is 2.19. The fraction of sp³-hybridized carbons (Fsp3) is 0.333. The molecular weight excluding hydrogens is 322 g/mol. The molecular formula is C18H21N3O2S. The fourth-order valence-electron chi connectivity index (χ4n) is 3.45. The van der Waals surface area contributed by atoms with Crippen molar-refractivity contribution in [1.29, 1.82) is 0 Å². The standard InChI is InChI=1S/C18H21N3O2S/c1-12-2-8-15(9-3-12)24(22,23)20-13-4-6-14(7-5-13)21-10-16-17(11-21)18(16)19/h2-9,16-18,20H,10-11,19H2,1H3. The van der Waals surface area contributed by atoms with Gasteiger partial charge in [-0.3, -0.25) is 4.72 Å². The molecule has 6 heteroatoms. The highest BCUT2D eigenvalue weighted by atomic mass is 32.2. The van der Waals surface area contributed by atoms with E-state index in [1.54, 1.807) is 24.3 Å². The van der Waals surface area contributed by atoms with Crippen molar-refractivity contribution in [3.63, 3.8) is 0 Å². The lowest BCUT2D eigenvalue weighted by Gasteiger charge is -2.21. The molecule has 2 aromatic carbocycles. The Morgan fingerprint density at radius 3 is 2.17 bits per heavy atom. The number of aryl methyl sites for hydroxylation is 1. The van der Waals surface area contributed by atoms with E-state index in [1.807, 2.05) is 31.2 Å². The molecule has 5 nitrogen and oxygen atoms in total. The van der Waals surface area contributed by atoms with E-state index in [-0.39, 0.29) is 4.90 Å². The van der Waals surface area contributed by atoms with Crippen molar-refractivity contribution in [2.24, 2.45) is 17.6 Å². The van der Waals surface area contributed by atoms with Gasteiger partial charge in [0.1, 0.15) is 0 Å². The summed E-state index contributed by atoms with van der Waals surface area (Å²) in [5, 5.41) is 0. The minimum absolute atomic E-state index is 0.269. The van der Waals surface area contributed by atoms with Gasteiger partial charge in [0, 0.05) is 30.5 Å². The Hall–Kier alpha value is -2.05. The van der Waals surface area contributed by atoms with E-state index in [0.29, 0.717) is 23.6 Å². The first kappa shape index (κ1) is 15.5. The van der Waals surface area contributed by atoms with Gasteiger partial charge in [-0.1, -0.05) is 17.7 Å². The predicted molar refractivity (Wildman–Crippen MR) is 95.6 cm³/mol. The highest BCUT2D eigenvalue weighted by molar-refractivity contribution is 7.92. The number of anilines is 2. The second-order valence-electron chi connectivity index (χ2n) is 6.78. The third kappa shape index (κ3) is 2.76. The first-order valence-corrected chi connectivity index (χ1v) is 9.62. The van der Waals surface area contributed by atoms with Gasteiger partial charge in [-0.15, -0.1) is 0 Å². The molecule has 0 amide bonds. The molecule has 2 unspecified atom stereocenters. The van der Waals surface area contributed by atoms with Crippen molar-refractivity contribution in [3.8, 4) is 0 Å². The molecule has 4 rings (SSSR count). The second-order valence-corrected chi connectivity index (χ2v) is 8.46. The largest absolute Gasteiger partial charge is 0.371 e. The maximum atomic E-state index is 12.4. The number of hydrogen-bond acceptors (Lipinski definition) is 4. The minimum Gasteiger partial charge on any atom is -0.371 e. The Labute approximate surface area is 142 Å². The summed E-state index contributed by atoms with van der Waals surface area (Å²) in [6, 6.07) is 14.7. The zero-order valence-corrected chi connectivity index (χ0v) is 14.3. The average Bonchev–Trinajstić information content (AvgIpc) is 2.97. The molecule has 126 valence electrons. The van der Waals surface area contributed by atoms with Gasteiger partial charge in [-0.05, 0) is 55.2 Å². The number of sulfonamides is 1. The fourth-order valence-corrected chi connectivity index (χ4v) is 4.51. The van der Waals surface area contributed by atoms with Gasteiger partial charge in [-0.25, -0.2) is 8.42 Å². The lowest BCUT2D eigenvalue weighted by molar-refractivity contribution is 0.601. The van der Waals surface area contributed by atoms with Crippen LogP contribution in [0, 0.1) is 18.8 Å². The van der Waals surface area contributed by atoms with Crippen LogP contribution in [-0.2, 0) is 10.0 Å². The summed E-state index contributed by atoms with van der Waals surface area (Å²) in [5.74, 6) is 1.26. The molecule has 0 bridgehead atoms. The molecule has 2 fully saturated rings. The number of fused-ring (bicyclic) bond motifs is 1. The van der Waals surface area contributed by atoms with Crippen molar-refractivity contribution in [1.82, 2.24) is 0 Å². The van der Waals surface area contributed by atoms with Crippen molar-refractivity contribution < 1.29 is 8.42 Å². The van der Waals surface area contributed by atoms with Crippen molar-refractivity contribution in [2.75, 3.05) is 22.7 Å². The van der Waals surface area contributed by atoms with Crippen LogP contribution < -0.4 is 15.4 Å². The average molecular weight is 343 g/mol. The van der Waals surface area contributed by atoms with Gasteiger partial charge in [-0.2, -0.15) is 0 Å². The minimum atomic E-state index is -3.55. The summed E-state index contributed by atoms with van der Waals surface area (Å²) < 4.78 is 27.4. The quantitative estimate of drug-likeness (QED) is 0.892. The highest BCUT2D eigenvalue weighted by Crippen LogP contribution is 2.45. The van der Waals surface area contributed by atoms with E-state index >= 15 is 0 Å². The third-order valence-corrected chi connectivity index (χ3v) is 6.47. The number of nitrogens with two attached hydrogens (primary N) is 1. The van der Waals surface area contributed by atoms with Crippen LogP contribution in [0.3, 0.4) is 0 Å². The summed E-state index contributed by atoms with van der Waals surface area (Å²) in [5.41, 5.74) is 8.68. The first-order chi connectivity index (χ1) is 11.4. The van der Waals surface area contributed by atoms with E-state index in [2.05, 4.69) is 9.62 Å². The zero-order valence-electron chi connectivity index (χ0n) is 13.5. The lowest BCUT2D eigenvalue weighted by Crippen LogP contribution is -2.27. The Morgan fingerprint density at radius 1 is 1.00 bits per heavy atom. The Morgan fingerprint density at radius 2 is 1.58 bits per heavy atom. The Bertz CT molecular complexity index is 835. The molecule has 0 aromatic heterocycles. The zero-order chi connectivity index (χ0) is 16.9. The molecule has 0 spiro atoms. The van der Waals surface area contributed by atoms with Crippen molar-refractivity contribution in [2.45, 2.75) is 17.9 Å². The monoisotopic (exact) mass is 343 g/mol. The van der Waals surface area contributed by atoms with Crippen LogP contribution in [0.5, 0.6) is 0 Å². The number of benzene rings is 2. The highest BCUT2D eigenvalue weighted by Gasteiger charge is 2.53. The number of piperidine rings is 1. The van der Waals surface area contributed by atoms with E-state index in [4.69, 9.17) is 5.73 Å². The van der Waals surface area contributed by atoms with E-state index in [1.165, 1.54) is 0 Å². The number of hydrogen-bond donors (Lipinski definition) is 2. The summed E-state index contributed by atoms with van der Waals surface area (Å²) in [7, 11) is -3.55. The van der Waals surface area contributed by atoms with E-state index in [9.17, 15) is 8.42 Å². The maximum Gasteiger partial charge on any atom is 0.261 e. The summed E-state index contributed by atoms with van der Waals surface area (Å²) >= 11 is 0. The molecule has 1 saturated carbocycles. The SMILES string of the molecule is Cc1ccc(S(=O)(=O)Nc2ccc(N3CC4C(N)C4C3)cc2)cc1. The lowest BCUT2D eigenvalue weighted by atomic mass is 10.2. The van der Waals surface area contributed by atoms with Crippen LogP contribution in [0.25, 0.3) is 0 Å². The second kappa shape index (κ2) is 5.50. The van der Waals surface area contributed by atoms with Crippen LogP contribution >= 0.6 is 0 Å². The molecule has 2 atom stereocenters. The van der Waals surface area contributed by atoms with Gasteiger partial charge in [0.25, 0.3) is 10.0 Å². The van der Waals surface area contributed by atoms with Gasteiger partial charge < -0.3 is 10.6 Å². The van der Waals surface area contributed by atoms with E-state index in [0.717, 1.165) is 24.3 Å². The summed E-state index contributed by atoms with van der Waals surface area (Å²) in [6.07, 6.45) is 0. The normalized spacial score (nSPS) is 25.4. The van der Waals surface area contributed by atoms with E-state index < -0.39 is 10.0 Å². The summed E-state index contributed by atoms with van der Waals surface area (Å²) in [6.45, 7) is 3.93.